The van der Waals surface area contributed by atoms with Gasteiger partial charge in [-0.3, -0.25) is 14.6 Å². The van der Waals surface area contributed by atoms with Gasteiger partial charge in [0.25, 0.3) is 0 Å². The van der Waals surface area contributed by atoms with E-state index < -0.39 is 0 Å². The van der Waals surface area contributed by atoms with E-state index in [1.165, 1.54) is 21.6 Å². The number of aliphatic imine (C=N–C) groups is 1. The first-order chi connectivity index (χ1) is 15.1. The molecule has 31 heavy (non-hydrogen) atoms. The summed E-state index contributed by atoms with van der Waals surface area (Å²) in [5.74, 6) is 0.792. The summed E-state index contributed by atoms with van der Waals surface area (Å²) in [4.78, 5) is 20.4. The zero-order valence-corrected chi connectivity index (χ0v) is 18.2. The lowest BCUT2D eigenvalue weighted by Crippen LogP contribution is -2.44. The molecule has 1 saturated carbocycles. The molecule has 0 radical (unpaired) electrons. The van der Waals surface area contributed by atoms with Crippen LogP contribution < -0.4 is 5.73 Å². The number of nitrogens with two attached hydrogens (primary N) is 1. The second-order valence-corrected chi connectivity index (χ2v) is 8.52. The Morgan fingerprint density at radius 1 is 1.19 bits per heavy atom. The second-order valence-electron chi connectivity index (χ2n) is 8.52. The molecule has 0 spiro atoms. The van der Waals surface area contributed by atoms with Gasteiger partial charge < -0.3 is 10.5 Å². The Balaban J connectivity index is 1.51. The van der Waals surface area contributed by atoms with Crippen molar-refractivity contribution in [1.82, 2.24) is 9.80 Å². The fourth-order valence-corrected chi connectivity index (χ4v) is 4.10. The quantitative estimate of drug-likeness (QED) is 0.404. The smallest absolute Gasteiger partial charge is 0.216 e. The third kappa shape index (κ3) is 5.71. The van der Waals surface area contributed by atoms with E-state index in [-0.39, 0.29) is 6.04 Å². The molecule has 1 aliphatic heterocycles. The van der Waals surface area contributed by atoms with Crippen LogP contribution in [0.15, 0.2) is 53.5 Å². The Labute approximate surface area is 184 Å². The highest BCUT2D eigenvalue weighted by Crippen LogP contribution is 2.44. The summed E-state index contributed by atoms with van der Waals surface area (Å²) in [6.45, 7) is 6.68. The highest BCUT2D eigenvalue weighted by Gasteiger charge is 2.33. The predicted molar refractivity (Wildman–Crippen MR) is 124 cm³/mol. The molecule has 2 fully saturated rings. The molecule has 6 heteroatoms. The Morgan fingerprint density at radius 3 is 2.58 bits per heavy atom. The number of amides is 1. The van der Waals surface area contributed by atoms with E-state index in [0.29, 0.717) is 18.4 Å². The van der Waals surface area contributed by atoms with Crippen LogP contribution in [0.4, 0.5) is 0 Å². The maximum Gasteiger partial charge on any atom is 0.216 e. The highest BCUT2D eigenvalue weighted by molar-refractivity contribution is 5.87. The van der Waals surface area contributed by atoms with Crippen molar-refractivity contribution in [2.45, 2.75) is 25.8 Å². The number of carbonyl (C=O) groups excluding carboxylic acids is 1. The molecule has 1 heterocycles. The summed E-state index contributed by atoms with van der Waals surface area (Å²) in [5.41, 5.74) is 11.1. The molecule has 1 saturated heterocycles. The summed E-state index contributed by atoms with van der Waals surface area (Å²) in [6.07, 6.45) is 3.09. The molecule has 1 unspecified atom stereocenters. The third-order valence-corrected chi connectivity index (χ3v) is 6.10. The molecule has 6 nitrogen and oxygen atoms in total. The van der Waals surface area contributed by atoms with Gasteiger partial charge in [-0.05, 0) is 48.4 Å². The lowest BCUT2D eigenvalue weighted by molar-refractivity contribution is -0.115. The van der Waals surface area contributed by atoms with Gasteiger partial charge in [-0.2, -0.15) is 0 Å². The lowest BCUT2D eigenvalue weighted by atomic mass is 9.97. The molecule has 1 amide bonds. The van der Waals surface area contributed by atoms with Crippen LogP contribution in [0.2, 0.25) is 0 Å². The minimum atomic E-state index is -0.0180. The van der Waals surface area contributed by atoms with Crippen molar-refractivity contribution in [3.63, 3.8) is 0 Å². The van der Waals surface area contributed by atoms with E-state index in [1.807, 2.05) is 0 Å². The minimum absolute atomic E-state index is 0.0180. The van der Waals surface area contributed by atoms with Crippen LogP contribution in [0.1, 0.15) is 30.0 Å². The largest absolute Gasteiger partial charge is 0.379 e. The van der Waals surface area contributed by atoms with E-state index in [0.717, 1.165) is 57.7 Å². The standard InChI is InChI=1S/C25H32N4O2/c1-19-4-2-5-21(16-19)22-6-3-7-23(17-22)24(20-8-9-20)27-25(26)29(18-30)11-10-28-12-14-31-15-13-28/h2-7,16-18,20,24H,8-15H2,1H3,(H2,26,27). The highest BCUT2D eigenvalue weighted by atomic mass is 16.5. The number of rotatable bonds is 8. The van der Waals surface area contributed by atoms with Gasteiger partial charge in [0.2, 0.25) is 6.41 Å². The molecule has 1 aliphatic carbocycles. The van der Waals surface area contributed by atoms with Gasteiger partial charge in [0.05, 0.1) is 19.3 Å². The molecule has 164 valence electrons. The molecular weight excluding hydrogens is 388 g/mol. The summed E-state index contributed by atoms with van der Waals surface area (Å²) in [5, 5.41) is 0. The Kier molecular flexibility index (Phi) is 6.99. The zero-order chi connectivity index (χ0) is 21.6. The molecular formula is C25H32N4O2. The summed E-state index contributed by atoms with van der Waals surface area (Å²) >= 11 is 0. The van der Waals surface area contributed by atoms with E-state index in [1.54, 1.807) is 0 Å². The average Bonchev–Trinajstić information content (AvgIpc) is 3.64. The van der Waals surface area contributed by atoms with Crippen LogP contribution in [-0.4, -0.2) is 61.6 Å². The number of ether oxygens (including phenoxy) is 1. The van der Waals surface area contributed by atoms with Crippen molar-refractivity contribution in [2.75, 3.05) is 39.4 Å². The normalized spacial score (nSPS) is 18.5. The first-order valence-corrected chi connectivity index (χ1v) is 11.2. The number of morpholine rings is 1. The SMILES string of the molecule is Cc1cccc(-c2cccc(C(N=C(N)N(C=O)CCN3CCOCC3)C3CC3)c2)c1. The van der Waals surface area contributed by atoms with E-state index >= 15 is 0 Å². The zero-order valence-electron chi connectivity index (χ0n) is 18.2. The van der Waals surface area contributed by atoms with Crippen LogP contribution in [0.5, 0.6) is 0 Å². The van der Waals surface area contributed by atoms with Crippen molar-refractivity contribution in [1.29, 1.82) is 0 Å². The van der Waals surface area contributed by atoms with Gasteiger partial charge in [-0.15, -0.1) is 0 Å². The summed E-state index contributed by atoms with van der Waals surface area (Å²) < 4.78 is 5.39. The van der Waals surface area contributed by atoms with E-state index in [2.05, 4.69) is 60.4 Å². The first-order valence-electron chi connectivity index (χ1n) is 11.2. The van der Waals surface area contributed by atoms with Gasteiger partial charge in [-0.25, -0.2) is 4.99 Å². The van der Waals surface area contributed by atoms with Crippen LogP contribution in [0, 0.1) is 12.8 Å². The van der Waals surface area contributed by atoms with Crippen LogP contribution in [0.25, 0.3) is 11.1 Å². The van der Waals surface area contributed by atoms with Crippen molar-refractivity contribution in [2.24, 2.45) is 16.6 Å². The number of hydrogen-bond acceptors (Lipinski definition) is 4. The van der Waals surface area contributed by atoms with Gasteiger partial charge >= 0.3 is 0 Å². The number of benzene rings is 2. The summed E-state index contributed by atoms with van der Waals surface area (Å²) in [6, 6.07) is 17.1. The maximum atomic E-state index is 11.7. The molecule has 2 aliphatic rings. The molecule has 0 bridgehead atoms. The van der Waals surface area contributed by atoms with Crippen molar-refractivity contribution in [3.05, 3.63) is 59.7 Å². The second kappa shape index (κ2) is 10.1. The number of aryl methyl sites for hydroxylation is 1. The molecule has 0 aromatic heterocycles. The van der Waals surface area contributed by atoms with Crippen LogP contribution >= 0.6 is 0 Å². The molecule has 2 aromatic rings. The van der Waals surface area contributed by atoms with Gasteiger partial charge in [0.1, 0.15) is 0 Å². The Morgan fingerprint density at radius 2 is 1.90 bits per heavy atom. The number of guanidine groups is 1. The van der Waals surface area contributed by atoms with E-state index in [9.17, 15) is 4.79 Å². The fourth-order valence-electron chi connectivity index (χ4n) is 4.10. The Bertz CT molecular complexity index is 919. The van der Waals surface area contributed by atoms with Gasteiger partial charge in [-0.1, -0.05) is 48.0 Å². The van der Waals surface area contributed by atoms with Crippen molar-refractivity contribution in [3.8, 4) is 11.1 Å². The first kappa shape index (κ1) is 21.5. The predicted octanol–water partition coefficient (Wildman–Crippen LogP) is 3.22. The Hall–Kier alpha value is -2.70. The molecule has 2 N–H and O–H groups in total. The van der Waals surface area contributed by atoms with Crippen molar-refractivity contribution >= 4 is 12.4 Å². The van der Waals surface area contributed by atoms with Gasteiger partial charge in [0.15, 0.2) is 5.96 Å². The lowest BCUT2D eigenvalue weighted by Gasteiger charge is -2.28. The van der Waals surface area contributed by atoms with Crippen LogP contribution in [0.3, 0.4) is 0 Å². The fraction of sp³-hybridized carbons (Fsp3) is 0.440. The third-order valence-electron chi connectivity index (χ3n) is 6.10. The maximum absolute atomic E-state index is 11.7. The minimum Gasteiger partial charge on any atom is -0.379 e. The molecule has 4 rings (SSSR count). The van der Waals surface area contributed by atoms with Crippen LogP contribution in [-0.2, 0) is 9.53 Å². The molecule has 1 atom stereocenters. The molecule has 2 aromatic carbocycles. The number of nitrogens with zero attached hydrogens (tertiary/aromatic N) is 3. The van der Waals surface area contributed by atoms with Crippen molar-refractivity contribution < 1.29 is 9.53 Å². The topological polar surface area (TPSA) is 71.2 Å². The monoisotopic (exact) mass is 420 g/mol. The number of carbonyl (C=O) groups is 1. The van der Waals surface area contributed by atoms with E-state index in [4.69, 9.17) is 15.5 Å². The number of hydrogen-bond donors (Lipinski definition) is 1. The average molecular weight is 421 g/mol. The summed E-state index contributed by atoms with van der Waals surface area (Å²) in [7, 11) is 0. The van der Waals surface area contributed by atoms with Gasteiger partial charge in [0, 0.05) is 26.2 Å².